The molecule has 0 aliphatic carbocycles. The molecule has 0 atom stereocenters. The van der Waals surface area contributed by atoms with Crippen molar-refractivity contribution in [2.75, 3.05) is 0 Å². The van der Waals surface area contributed by atoms with Crippen LogP contribution in [0.2, 0.25) is 0 Å². The molecule has 6 heteroatoms. The second-order valence-electron chi connectivity index (χ2n) is 3.70. The monoisotopic (exact) mass is 232 g/mol. The van der Waals surface area contributed by atoms with Gasteiger partial charge in [0.1, 0.15) is 6.33 Å². The maximum Gasteiger partial charge on any atom is 0.272 e. The van der Waals surface area contributed by atoms with Crippen LogP contribution in [0, 0.1) is 17.0 Å². The predicted octanol–water partition coefficient (Wildman–Crippen LogP) is 2.18. The molecule has 0 spiro atoms. The third-order valence-electron chi connectivity index (χ3n) is 2.61. The van der Waals surface area contributed by atoms with Crippen molar-refractivity contribution >= 4 is 5.69 Å². The zero-order chi connectivity index (χ0) is 12.4. The summed E-state index contributed by atoms with van der Waals surface area (Å²) in [6.45, 7) is 4.47. The summed E-state index contributed by atoms with van der Waals surface area (Å²) in [5.74, 6) is 0.727. The van der Waals surface area contributed by atoms with Crippen LogP contribution >= 0.6 is 0 Å². The minimum absolute atomic E-state index is 0.122. The van der Waals surface area contributed by atoms with Crippen LogP contribution in [0.15, 0.2) is 24.5 Å². The molecule has 0 unspecified atom stereocenters. The minimum Gasteiger partial charge on any atom is -0.314 e. The molecule has 0 aliphatic heterocycles. The number of aryl methyl sites for hydroxylation is 2. The molecule has 0 amide bonds. The molecule has 88 valence electrons. The highest BCUT2D eigenvalue weighted by Gasteiger charge is 2.13. The van der Waals surface area contributed by atoms with E-state index in [0.717, 1.165) is 17.9 Å². The number of aromatic nitrogens is 3. The number of rotatable bonds is 3. The van der Waals surface area contributed by atoms with Gasteiger partial charge in [-0.25, -0.2) is 0 Å². The van der Waals surface area contributed by atoms with Crippen LogP contribution in [0.1, 0.15) is 12.5 Å². The molecule has 0 fully saturated rings. The van der Waals surface area contributed by atoms with Gasteiger partial charge in [0.2, 0.25) is 0 Å². The Bertz CT molecular complexity index is 562. The first kappa shape index (κ1) is 11.3. The van der Waals surface area contributed by atoms with E-state index in [1.165, 1.54) is 6.07 Å². The summed E-state index contributed by atoms with van der Waals surface area (Å²) in [7, 11) is 0. The first-order valence-corrected chi connectivity index (χ1v) is 5.26. The Balaban J connectivity index is 2.48. The first-order chi connectivity index (χ1) is 8.13. The summed E-state index contributed by atoms with van der Waals surface area (Å²) in [6.07, 6.45) is 1.64. The highest BCUT2D eigenvalue weighted by atomic mass is 16.6. The molecule has 0 saturated carbocycles. The van der Waals surface area contributed by atoms with Crippen LogP contribution in [0.4, 0.5) is 5.69 Å². The number of hydrogen-bond acceptors (Lipinski definition) is 4. The quantitative estimate of drug-likeness (QED) is 0.600. The Labute approximate surface area is 98.1 Å². The van der Waals surface area contributed by atoms with Gasteiger partial charge in [0, 0.05) is 23.7 Å². The molecule has 1 aromatic heterocycles. The summed E-state index contributed by atoms with van der Waals surface area (Å²) in [4.78, 5) is 10.3. The van der Waals surface area contributed by atoms with E-state index >= 15 is 0 Å². The number of nitro groups is 1. The van der Waals surface area contributed by atoms with Gasteiger partial charge in [0.25, 0.3) is 5.69 Å². The van der Waals surface area contributed by atoms with Crippen LogP contribution in [0.25, 0.3) is 11.4 Å². The molecule has 0 N–H and O–H groups in total. The van der Waals surface area contributed by atoms with Crippen molar-refractivity contribution in [1.29, 1.82) is 0 Å². The van der Waals surface area contributed by atoms with E-state index in [4.69, 9.17) is 0 Å². The normalized spacial score (nSPS) is 10.5. The third-order valence-corrected chi connectivity index (χ3v) is 2.61. The van der Waals surface area contributed by atoms with Gasteiger partial charge in [-0.2, -0.15) is 0 Å². The summed E-state index contributed by atoms with van der Waals surface area (Å²) in [5, 5.41) is 18.6. The fraction of sp³-hybridized carbons (Fsp3) is 0.273. The van der Waals surface area contributed by atoms with Gasteiger partial charge < -0.3 is 4.57 Å². The number of hydrogen-bond donors (Lipinski definition) is 0. The van der Waals surface area contributed by atoms with E-state index in [1.54, 1.807) is 25.4 Å². The lowest BCUT2D eigenvalue weighted by molar-refractivity contribution is -0.385. The van der Waals surface area contributed by atoms with Gasteiger partial charge >= 0.3 is 0 Å². The lowest BCUT2D eigenvalue weighted by Gasteiger charge is -2.04. The van der Waals surface area contributed by atoms with Crippen molar-refractivity contribution in [1.82, 2.24) is 14.8 Å². The molecule has 6 nitrogen and oxygen atoms in total. The number of nitrogens with zero attached hydrogens (tertiary/aromatic N) is 4. The zero-order valence-corrected chi connectivity index (χ0v) is 9.62. The lowest BCUT2D eigenvalue weighted by atomic mass is 10.1. The van der Waals surface area contributed by atoms with Crippen molar-refractivity contribution in [3.05, 3.63) is 40.2 Å². The van der Waals surface area contributed by atoms with Crippen molar-refractivity contribution in [2.45, 2.75) is 20.4 Å². The molecule has 0 radical (unpaired) electrons. The number of benzene rings is 1. The maximum absolute atomic E-state index is 10.7. The fourth-order valence-electron chi connectivity index (χ4n) is 1.71. The predicted molar refractivity (Wildman–Crippen MR) is 62.5 cm³/mol. The smallest absolute Gasteiger partial charge is 0.272 e. The van der Waals surface area contributed by atoms with Gasteiger partial charge in [-0.05, 0) is 26.0 Å². The second-order valence-corrected chi connectivity index (χ2v) is 3.70. The van der Waals surface area contributed by atoms with Gasteiger partial charge in [-0.3, -0.25) is 10.1 Å². The molecule has 2 aromatic rings. The Hall–Kier alpha value is -2.24. The van der Waals surface area contributed by atoms with Gasteiger partial charge in [-0.1, -0.05) is 0 Å². The van der Waals surface area contributed by atoms with Crippen LogP contribution in [-0.4, -0.2) is 19.7 Å². The molecular formula is C11H12N4O2. The van der Waals surface area contributed by atoms with Crippen LogP contribution in [0.3, 0.4) is 0 Å². The van der Waals surface area contributed by atoms with E-state index in [1.807, 2.05) is 11.5 Å². The van der Waals surface area contributed by atoms with Crippen LogP contribution in [-0.2, 0) is 6.54 Å². The van der Waals surface area contributed by atoms with E-state index in [2.05, 4.69) is 10.2 Å². The van der Waals surface area contributed by atoms with Crippen molar-refractivity contribution in [3.8, 4) is 11.4 Å². The van der Waals surface area contributed by atoms with Gasteiger partial charge in [0.15, 0.2) is 5.82 Å². The fourth-order valence-corrected chi connectivity index (χ4v) is 1.71. The van der Waals surface area contributed by atoms with E-state index < -0.39 is 0 Å². The average molecular weight is 232 g/mol. The summed E-state index contributed by atoms with van der Waals surface area (Å²) >= 11 is 0. The topological polar surface area (TPSA) is 73.8 Å². The van der Waals surface area contributed by atoms with Gasteiger partial charge in [0.05, 0.1) is 4.92 Å². The van der Waals surface area contributed by atoms with Crippen LogP contribution < -0.4 is 0 Å². The van der Waals surface area contributed by atoms with Gasteiger partial charge in [-0.15, -0.1) is 10.2 Å². The maximum atomic E-state index is 10.7. The molecule has 17 heavy (non-hydrogen) atoms. The molecular weight excluding hydrogens is 220 g/mol. The summed E-state index contributed by atoms with van der Waals surface area (Å²) in [6, 6.07) is 4.95. The van der Waals surface area contributed by atoms with Crippen molar-refractivity contribution in [2.24, 2.45) is 0 Å². The zero-order valence-electron chi connectivity index (χ0n) is 9.62. The van der Waals surface area contributed by atoms with E-state index in [-0.39, 0.29) is 10.6 Å². The highest BCUT2D eigenvalue weighted by Crippen LogP contribution is 2.24. The molecule has 0 bridgehead atoms. The molecule has 1 heterocycles. The molecule has 1 aromatic carbocycles. The number of nitro benzene ring substituents is 1. The molecule has 0 aliphatic rings. The minimum atomic E-state index is -0.385. The summed E-state index contributed by atoms with van der Waals surface area (Å²) < 4.78 is 1.89. The SMILES string of the molecule is CCn1cnnc1-c1ccc([N+](=O)[O-])c(C)c1. The van der Waals surface area contributed by atoms with Crippen molar-refractivity contribution < 1.29 is 4.92 Å². The highest BCUT2D eigenvalue weighted by molar-refractivity contribution is 5.60. The van der Waals surface area contributed by atoms with Crippen molar-refractivity contribution in [3.63, 3.8) is 0 Å². The third kappa shape index (κ3) is 2.01. The first-order valence-electron chi connectivity index (χ1n) is 5.26. The Morgan fingerprint density at radius 3 is 2.82 bits per heavy atom. The molecule has 0 saturated heterocycles. The Morgan fingerprint density at radius 2 is 2.24 bits per heavy atom. The van der Waals surface area contributed by atoms with E-state index in [9.17, 15) is 10.1 Å². The summed E-state index contributed by atoms with van der Waals surface area (Å²) in [5.41, 5.74) is 1.59. The Kier molecular flexibility index (Phi) is 2.86. The largest absolute Gasteiger partial charge is 0.314 e. The van der Waals surface area contributed by atoms with Crippen LogP contribution in [0.5, 0.6) is 0 Å². The second kappa shape index (κ2) is 4.32. The van der Waals surface area contributed by atoms with E-state index in [0.29, 0.717) is 5.56 Å². The standard InChI is InChI=1S/C11H12N4O2/c1-3-14-7-12-13-11(14)9-4-5-10(15(16)17)8(2)6-9/h4-7H,3H2,1-2H3. The lowest BCUT2D eigenvalue weighted by Crippen LogP contribution is -1.97. The molecule has 2 rings (SSSR count). The Morgan fingerprint density at radius 1 is 1.47 bits per heavy atom. The average Bonchev–Trinajstić information content (AvgIpc) is 2.76.